The number of likely N-dealkylation sites (tertiary alicyclic amines) is 1. The molecule has 188 valence electrons. The van der Waals surface area contributed by atoms with Crippen molar-refractivity contribution in [3.63, 3.8) is 0 Å². The molecule has 0 spiro atoms. The van der Waals surface area contributed by atoms with Gasteiger partial charge >= 0.3 is 0 Å². The highest BCUT2D eigenvalue weighted by Gasteiger charge is 2.47. The van der Waals surface area contributed by atoms with Crippen molar-refractivity contribution in [2.24, 2.45) is 5.92 Å². The highest BCUT2D eigenvalue weighted by Crippen LogP contribution is 2.42. The standard InChI is InChI=1S/C26H32F2N4O3/c1-15-12-22(35-5)19(24(33)30-15)13-29-25(34)23-17(3)32(21-9-7-6-8-18(21)23)16(2)20-10-11-31(4)14-26(20,27)28/h6-9,12,16,20H,10-11,13-14H2,1-5H3,(H,29,34)(H,30,33)/t16-,20?/m1/s1. The second-order valence-corrected chi connectivity index (χ2v) is 9.49. The van der Waals surface area contributed by atoms with Gasteiger partial charge in [-0.05, 0) is 52.9 Å². The number of aromatic amines is 1. The van der Waals surface area contributed by atoms with Gasteiger partial charge in [0, 0.05) is 34.3 Å². The van der Waals surface area contributed by atoms with Gasteiger partial charge in [0.1, 0.15) is 5.75 Å². The van der Waals surface area contributed by atoms with Crippen molar-refractivity contribution in [3.05, 3.63) is 63.2 Å². The molecular weight excluding hydrogens is 454 g/mol. The average Bonchev–Trinajstić information content (AvgIpc) is 3.08. The number of rotatable bonds is 6. The minimum atomic E-state index is -2.84. The Balaban J connectivity index is 1.69. The van der Waals surface area contributed by atoms with Gasteiger partial charge in [-0.25, -0.2) is 8.78 Å². The fourth-order valence-corrected chi connectivity index (χ4v) is 5.40. The maximum absolute atomic E-state index is 15.0. The summed E-state index contributed by atoms with van der Waals surface area (Å²) in [5.74, 6) is -3.67. The number of nitrogens with zero attached hydrogens (tertiary/aromatic N) is 2. The van der Waals surface area contributed by atoms with Gasteiger partial charge in [0.05, 0.1) is 31.3 Å². The number of alkyl halides is 2. The lowest BCUT2D eigenvalue weighted by molar-refractivity contribution is -0.119. The summed E-state index contributed by atoms with van der Waals surface area (Å²) in [5.41, 5.74) is 2.41. The van der Waals surface area contributed by atoms with Gasteiger partial charge in [-0.3, -0.25) is 9.59 Å². The van der Waals surface area contributed by atoms with E-state index in [4.69, 9.17) is 4.74 Å². The number of para-hydroxylation sites is 1. The molecule has 1 amide bonds. The normalized spacial score (nSPS) is 19.0. The van der Waals surface area contributed by atoms with E-state index >= 15 is 8.78 Å². The van der Waals surface area contributed by atoms with Crippen molar-refractivity contribution < 1.29 is 18.3 Å². The predicted molar refractivity (Wildman–Crippen MR) is 131 cm³/mol. The van der Waals surface area contributed by atoms with Crippen molar-refractivity contribution in [2.75, 3.05) is 27.2 Å². The number of nitrogens with one attached hydrogen (secondary N) is 2. The topological polar surface area (TPSA) is 79.4 Å². The maximum Gasteiger partial charge on any atom is 0.265 e. The van der Waals surface area contributed by atoms with E-state index in [-0.39, 0.29) is 24.6 Å². The number of hydrogen-bond donors (Lipinski definition) is 2. The first-order chi connectivity index (χ1) is 16.5. The number of piperidine rings is 1. The van der Waals surface area contributed by atoms with Gasteiger partial charge < -0.3 is 24.5 Å². The number of halogens is 2. The van der Waals surface area contributed by atoms with E-state index in [2.05, 4.69) is 10.3 Å². The molecule has 1 saturated heterocycles. The zero-order valence-corrected chi connectivity index (χ0v) is 20.7. The zero-order chi connectivity index (χ0) is 25.5. The number of fused-ring (bicyclic) bond motifs is 1. The second-order valence-electron chi connectivity index (χ2n) is 9.49. The molecule has 4 rings (SSSR count). The number of ether oxygens (including phenoxy) is 1. The molecular formula is C26H32F2N4O3. The molecule has 0 bridgehead atoms. The number of benzene rings is 1. The largest absolute Gasteiger partial charge is 0.496 e. The molecule has 3 heterocycles. The first-order valence-corrected chi connectivity index (χ1v) is 11.8. The molecule has 0 aliphatic carbocycles. The Morgan fingerprint density at radius 3 is 2.71 bits per heavy atom. The van der Waals surface area contributed by atoms with Crippen molar-refractivity contribution in [3.8, 4) is 5.75 Å². The SMILES string of the molecule is COc1cc(C)[nH]c(=O)c1CNC(=O)c1c(C)n([C@H](C)C2CCN(C)CC2(F)F)c2ccccc12. The molecule has 35 heavy (non-hydrogen) atoms. The molecule has 7 nitrogen and oxygen atoms in total. The van der Waals surface area contributed by atoms with E-state index < -0.39 is 17.9 Å². The van der Waals surface area contributed by atoms with Crippen molar-refractivity contribution >= 4 is 16.8 Å². The minimum Gasteiger partial charge on any atom is -0.496 e. The summed E-state index contributed by atoms with van der Waals surface area (Å²) in [4.78, 5) is 30.2. The first kappa shape index (κ1) is 24.9. The molecule has 9 heteroatoms. The lowest BCUT2D eigenvalue weighted by Crippen LogP contribution is -2.49. The van der Waals surface area contributed by atoms with E-state index in [9.17, 15) is 9.59 Å². The Labute approximate surface area is 203 Å². The van der Waals surface area contributed by atoms with Gasteiger partial charge in [0.2, 0.25) is 0 Å². The number of carbonyl (C=O) groups is 1. The van der Waals surface area contributed by atoms with Crippen LogP contribution in [0, 0.1) is 19.8 Å². The van der Waals surface area contributed by atoms with Crippen LogP contribution < -0.4 is 15.6 Å². The van der Waals surface area contributed by atoms with E-state index in [1.54, 1.807) is 31.9 Å². The third-order valence-corrected chi connectivity index (χ3v) is 7.09. The minimum absolute atomic E-state index is 0.0286. The zero-order valence-electron chi connectivity index (χ0n) is 20.7. The number of pyridine rings is 1. The van der Waals surface area contributed by atoms with E-state index in [1.807, 2.05) is 35.8 Å². The number of H-pyrrole nitrogens is 1. The molecule has 1 fully saturated rings. The van der Waals surface area contributed by atoms with Crippen LogP contribution in [-0.2, 0) is 6.54 Å². The smallest absolute Gasteiger partial charge is 0.265 e. The van der Waals surface area contributed by atoms with E-state index in [0.29, 0.717) is 46.6 Å². The second kappa shape index (κ2) is 9.45. The van der Waals surface area contributed by atoms with Gasteiger partial charge in [-0.2, -0.15) is 0 Å². The molecule has 0 radical (unpaired) electrons. The Kier molecular flexibility index (Phi) is 6.73. The summed E-state index contributed by atoms with van der Waals surface area (Å²) in [6.45, 7) is 5.64. The van der Waals surface area contributed by atoms with Crippen LogP contribution in [0.3, 0.4) is 0 Å². The Morgan fingerprint density at radius 2 is 2.03 bits per heavy atom. The molecule has 2 N–H and O–H groups in total. The average molecular weight is 487 g/mol. The Hall–Kier alpha value is -3.20. The Bertz CT molecular complexity index is 1310. The van der Waals surface area contributed by atoms with Crippen LogP contribution in [0.15, 0.2) is 35.1 Å². The van der Waals surface area contributed by atoms with Gasteiger partial charge in [0.25, 0.3) is 17.4 Å². The van der Waals surface area contributed by atoms with Crippen LogP contribution in [0.5, 0.6) is 5.75 Å². The number of hydrogen-bond acceptors (Lipinski definition) is 4. The summed E-state index contributed by atoms with van der Waals surface area (Å²) >= 11 is 0. The molecule has 1 aromatic carbocycles. The molecule has 0 saturated carbocycles. The van der Waals surface area contributed by atoms with Crippen molar-refractivity contribution in [2.45, 2.75) is 45.7 Å². The van der Waals surface area contributed by atoms with Gasteiger partial charge in [0.15, 0.2) is 0 Å². The van der Waals surface area contributed by atoms with Gasteiger partial charge in [-0.1, -0.05) is 18.2 Å². The quantitative estimate of drug-likeness (QED) is 0.551. The number of amides is 1. The van der Waals surface area contributed by atoms with Crippen LogP contribution in [0.1, 0.15) is 46.7 Å². The molecule has 1 aliphatic rings. The van der Waals surface area contributed by atoms with Crippen molar-refractivity contribution in [1.29, 1.82) is 0 Å². The van der Waals surface area contributed by atoms with E-state index in [1.165, 1.54) is 7.11 Å². The lowest BCUT2D eigenvalue weighted by Gasteiger charge is -2.40. The van der Waals surface area contributed by atoms with Crippen LogP contribution in [0.25, 0.3) is 10.9 Å². The summed E-state index contributed by atoms with van der Waals surface area (Å²) in [6.07, 6.45) is 0.369. The van der Waals surface area contributed by atoms with Crippen LogP contribution >= 0.6 is 0 Å². The third-order valence-electron chi connectivity index (χ3n) is 7.09. The summed E-state index contributed by atoms with van der Waals surface area (Å²) in [5, 5.41) is 3.52. The summed E-state index contributed by atoms with van der Waals surface area (Å²) < 4.78 is 37.2. The maximum atomic E-state index is 15.0. The fourth-order valence-electron chi connectivity index (χ4n) is 5.40. The van der Waals surface area contributed by atoms with Crippen LogP contribution in [0.2, 0.25) is 0 Å². The first-order valence-electron chi connectivity index (χ1n) is 11.8. The molecule has 2 atom stereocenters. The molecule has 1 unspecified atom stereocenters. The number of carbonyl (C=O) groups excluding carboxylic acids is 1. The fraction of sp³-hybridized carbons (Fsp3) is 0.462. The van der Waals surface area contributed by atoms with Crippen molar-refractivity contribution in [1.82, 2.24) is 19.8 Å². The van der Waals surface area contributed by atoms with E-state index in [0.717, 1.165) is 5.52 Å². The lowest BCUT2D eigenvalue weighted by atomic mass is 9.86. The van der Waals surface area contributed by atoms with Gasteiger partial charge in [-0.15, -0.1) is 0 Å². The highest BCUT2D eigenvalue weighted by atomic mass is 19.3. The third kappa shape index (κ3) is 4.57. The number of aryl methyl sites for hydroxylation is 1. The predicted octanol–water partition coefficient (Wildman–Crippen LogP) is 4.03. The van der Waals surface area contributed by atoms with Crippen LogP contribution in [0.4, 0.5) is 8.78 Å². The van der Waals surface area contributed by atoms with Crippen LogP contribution in [-0.4, -0.2) is 53.5 Å². The molecule has 2 aromatic heterocycles. The molecule has 3 aromatic rings. The Morgan fingerprint density at radius 1 is 1.31 bits per heavy atom. The summed E-state index contributed by atoms with van der Waals surface area (Å²) in [6, 6.07) is 8.54. The monoisotopic (exact) mass is 486 g/mol. The highest BCUT2D eigenvalue weighted by molar-refractivity contribution is 6.08. The molecule has 1 aliphatic heterocycles. The summed E-state index contributed by atoms with van der Waals surface area (Å²) in [7, 11) is 3.18. The number of aromatic nitrogens is 2. The number of methoxy groups -OCH3 is 1.